The Morgan fingerprint density at radius 2 is 1.58 bits per heavy atom. The standard InChI is InChI=1S/C27H28N2O4/c1-32-24-15-9-14-23(18-24)26(27(31)28-19-21-10-5-3-6-11-21)29(17-16-25(30)33-2)20-22-12-7-4-8-13-22/h3-18,26H,19-20H2,1-2H3,(H,28,31)/b17-16+/t26-/m0/s1. The van der Waals surface area contributed by atoms with E-state index in [0.29, 0.717) is 18.8 Å². The molecule has 33 heavy (non-hydrogen) atoms. The molecule has 0 saturated heterocycles. The van der Waals surface area contributed by atoms with E-state index >= 15 is 0 Å². The molecule has 0 heterocycles. The molecule has 0 radical (unpaired) electrons. The van der Waals surface area contributed by atoms with Gasteiger partial charge >= 0.3 is 5.97 Å². The molecule has 3 rings (SSSR count). The highest BCUT2D eigenvalue weighted by Gasteiger charge is 2.26. The molecule has 0 fully saturated rings. The predicted octanol–water partition coefficient (Wildman–Crippen LogP) is 4.24. The number of benzene rings is 3. The van der Waals surface area contributed by atoms with Crippen molar-refractivity contribution in [3.63, 3.8) is 0 Å². The first-order chi connectivity index (χ1) is 16.1. The Labute approximate surface area is 194 Å². The number of esters is 1. The average Bonchev–Trinajstić information content (AvgIpc) is 2.87. The van der Waals surface area contributed by atoms with Gasteiger partial charge in [-0.1, -0.05) is 72.8 Å². The number of amides is 1. The van der Waals surface area contributed by atoms with E-state index in [-0.39, 0.29) is 5.91 Å². The Kier molecular flexibility index (Phi) is 8.65. The van der Waals surface area contributed by atoms with E-state index in [9.17, 15) is 9.59 Å². The van der Waals surface area contributed by atoms with Crippen molar-refractivity contribution in [2.75, 3.05) is 14.2 Å². The fraction of sp³-hybridized carbons (Fsp3) is 0.185. The normalized spacial score (nSPS) is 11.6. The molecule has 1 atom stereocenters. The third-order valence-corrected chi connectivity index (χ3v) is 5.11. The third kappa shape index (κ3) is 6.97. The van der Waals surface area contributed by atoms with Crippen LogP contribution < -0.4 is 10.1 Å². The summed E-state index contributed by atoms with van der Waals surface area (Å²) < 4.78 is 10.2. The maximum Gasteiger partial charge on any atom is 0.331 e. The van der Waals surface area contributed by atoms with Crippen molar-refractivity contribution in [3.05, 3.63) is 114 Å². The molecule has 1 amide bonds. The molecule has 3 aromatic rings. The van der Waals surface area contributed by atoms with Crippen LogP contribution in [0.5, 0.6) is 5.75 Å². The number of carbonyl (C=O) groups is 2. The van der Waals surface area contributed by atoms with Crippen LogP contribution in [0.4, 0.5) is 0 Å². The number of ether oxygens (including phenoxy) is 2. The second kappa shape index (κ2) is 12.1. The molecule has 3 aromatic carbocycles. The highest BCUT2D eigenvalue weighted by atomic mass is 16.5. The van der Waals surface area contributed by atoms with E-state index in [4.69, 9.17) is 9.47 Å². The van der Waals surface area contributed by atoms with Gasteiger partial charge in [-0.15, -0.1) is 0 Å². The van der Waals surface area contributed by atoms with Gasteiger partial charge in [-0.05, 0) is 28.8 Å². The van der Waals surface area contributed by atoms with Gasteiger partial charge in [0.05, 0.1) is 14.2 Å². The molecule has 1 N–H and O–H groups in total. The van der Waals surface area contributed by atoms with Gasteiger partial charge in [-0.2, -0.15) is 0 Å². The van der Waals surface area contributed by atoms with E-state index in [2.05, 4.69) is 5.32 Å². The number of hydrogen-bond donors (Lipinski definition) is 1. The fourth-order valence-corrected chi connectivity index (χ4v) is 3.44. The summed E-state index contributed by atoms with van der Waals surface area (Å²) in [4.78, 5) is 27.2. The maximum absolute atomic E-state index is 13.5. The van der Waals surface area contributed by atoms with Crippen LogP contribution in [0.15, 0.2) is 97.2 Å². The van der Waals surface area contributed by atoms with Crippen LogP contribution in [-0.4, -0.2) is 31.0 Å². The van der Waals surface area contributed by atoms with Gasteiger partial charge in [0.1, 0.15) is 11.8 Å². The summed E-state index contributed by atoms with van der Waals surface area (Å²) in [6.07, 6.45) is 2.92. The highest BCUT2D eigenvalue weighted by Crippen LogP contribution is 2.27. The molecular formula is C27H28N2O4. The Bertz CT molecular complexity index is 1070. The lowest BCUT2D eigenvalue weighted by molar-refractivity contribution is -0.135. The number of carbonyl (C=O) groups excluding carboxylic acids is 2. The summed E-state index contributed by atoms with van der Waals surface area (Å²) in [5.41, 5.74) is 2.73. The number of hydrogen-bond acceptors (Lipinski definition) is 5. The molecule has 0 saturated carbocycles. The van der Waals surface area contributed by atoms with E-state index in [1.165, 1.54) is 13.2 Å². The molecule has 0 aliphatic heterocycles. The molecule has 0 unspecified atom stereocenters. The molecule has 0 bridgehead atoms. The van der Waals surface area contributed by atoms with Gasteiger partial charge < -0.3 is 19.7 Å². The molecular weight excluding hydrogens is 416 g/mol. The smallest absolute Gasteiger partial charge is 0.331 e. The van der Waals surface area contributed by atoms with Crippen molar-refractivity contribution in [1.29, 1.82) is 0 Å². The lowest BCUT2D eigenvalue weighted by Crippen LogP contribution is -2.38. The summed E-state index contributed by atoms with van der Waals surface area (Å²) in [5.74, 6) is -0.0512. The average molecular weight is 445 g/mol. The van der Waals surface area contributed by atoms with E-state index in [0.717, 1.165) is 16.7 Å². The fourth-order valence-electron chi connectivity index (χ4n) is 3.44. The largest absolute Gasteiger partial charge is 0.497 e. The first-order valence-electron chi connectivity index (χ1n) is 10.6. The summed E-state index contributed by atoms with van der Waals surface area (Å²) >= 11 is 0. The van der Waals surface area contributed by atoms with E-state index in [1.54, 1.807) is 13.3 Å². The quantitative estimate of drug-likeness (QED) is 0.374. The van der Waals surface area contributed by atoms with Crippen LogP contribution in [0, 0.1) is 0 Å². The van der Waals surface area contributed by atoms with Gasteiger partial charge in [0.15, 0.2) is 0 Å². The number of nitrogens with one attached hydrogen (secondary N) is 1. The second-order valence-corrected chi connectivity index (χ2v) is 7.38. The van der Waals surface area contributed by atoms with Crippen molar-refractivity contribution in [3.8, 4) is 5.75 Å². The summed E-state index contributed by atoms with van der Waals surface area (Å²) in [6, 6.07) is 26.1. The Morgan fingerprint density at radius 3 is 2.21 bits per heavy atom. The van der Waals surface area contributed by atoms with E-state index < -0.39 is 12.0 Å². The predicted molar refractivity (Wildman–Crippen MR) is 127 cm³/mol. The van der Waals surface area contributed by atoms with Crippen molar-refractivity contribution in [2.24, 2.45) is 0 Å². The number of methoxy groups -OCH3 is 2. The van der Waals surface area contributed by atoms with Gasteiger partial charge in [0.2, 0.25) is 5.91 Å². The first-order valence-corrected chi connectivity index (χ1v) is 10.6. The van der Waals surface area contributed by atoms with Crippen LogP contribution in [0.2, 0.25) is 0 Å². The van der Waals surface area contributed by atoms with Crippen LogP contribution >= 0.6 is 0 Å². The zero-order valence-corrected chi connectivity index (χ0v) is 18.8. The van der Waals surface area contributed by atoms with Gasteiger partial charge in [0.25, 0.3) is 0 Å². The lowest BCUT2D eigenvalue weighted by atomic mass is 10.0. The first kappa shape index (κ1) is 23.6. The minimum Gasteiger partial charge on any atom is -0.497 e. The monoisotopic (exact) mass is 444 g/mol. The molecule has 0 aromatic heterocycles. The van der Waals surface area contributed by atoms with Crippen LogP contribution in [0.3, 0.4) is 0 Å². The van der Waals surface area contributed by atoms with Crippen LogP contribution in [0.25, 0.3) is 0 Å². The molecule has 170 valence electrons. The molecule has 0 spiro atoms. The van der Waals surface area contributed by atoms with Gasteiger partial charge in [-0.25, -0.2) is 4.79 Å². The highest BCUT2D eigenvalue weighted by molar-refractivity contribution is 5.84. The Hall–Kier alpha value is -4.06. The number of rotatable bonds is 10. The van der Waals surface area contributed by atoms with Gasteiger partial charge in [-0.3, -0.25) is 4.79 Å². The SMILES string of the molecule is COC(=O)/C=C/N(Cc1ccccc1)[C@H](C(=O)NCc1ccccc1)c1cccc(OC)c1. The lowest BCUT2D eigenvalue weighted by Gasteiger charge is -2.30. The minimum absolute atomic E-state index is 0.197. The summed E-state index contributed by atoms with van der Waals surface area (Å²) in [6.45, 7) is 0.801. The zero-order chi connectivity index (χ0) is 23.5. The topological polar surface area (TPSA) is 67.9 Å². The maximum atomic E-state index is 13.5. The minimum atomic E-state index is -0.704. The van der Waals surface area contributed by atoms with Crippen molar-refractivity contribution in [1.82, 2.24) is 10.2 Å². The third-order valence-electron chi connectivity index (χ3n) is 5.11. The van der Waals surface area contributed by atoms with Crippen molar-refractivity contribution in [2.45, 2.75) is 19.1 Å². The molecule has 0 aliphatic rings. The number of nitrogens with zero attached hydrogens (tertiary/aromatic N) is 1. The molecule has 0 aliphatic carbocycles. The van der Waals surface area contributed by atoms with Crippen molar-refractivity contribution < 1.29 is 19.1 Å². The van der Waals surface area contributed by atoms with Crippen molar-refractivity contribution >= 4 is 11.9 Å². The van der Waals surface area contributed by atoms with Crippen LogP contribution in [0.1, 0.15) is 22.7 Å². The Balaban J connectivity index is 1.96. The van der Waals surface area contributed by atoms with Gasteiger partial charge in [0, 0.05) is 25.4 Å². The van der Waals surface area contributed by atoms with Crippen LogP contribution in [-0.2, 0) is 27.4 Å². The molecule has 6 heteroatoms. The Morgan fingerprint density at radius 1 is 0.909 bits per heavy atom. The zero-order valence-electron chi connectivity index (χ0n) is 18.8. The molecule has 6 nitrogen and oxygen atoms in total. The summed E-state index contributed by atoms with van der Waals surface area (Å²) in [7, 11) is 2.91. The van der Waals surface area contributed by atoms with E-state index in [1.807, 2.05) is 89.8 Å². The second-order valence-electron chi connectivity index (χ2n) is 7.38. The summed E-state index contributed by atoms with van der Waals surface area (Å²) in [5, 5.41) is 3.03.